The number of hydrogen-bond donors (Lipinski definition) is 3. The second-order valence-electron chi connectivity index (χ2n) is 6.14. The molecule has 0 radical (unpaired) electrons. The molecule has 6 nitrogen and oxygen atoms in total. The summed E-state index contributed by atoms with van der Waals surface area (Å²) in [6.45, 7) is 0.0106. The fourth-order valence-corrected chi connectivity index (χ4v) is 3.25. The van der Waals surface area contributed by atoms with Crippen molar-refractivity contribution in [3.8, 4) is 11.1 Å². The summed E-state index contributed by atoms with van der Waals surface area (Å²) in [7, 11) is 0. The van der Waals surface area contributed by atoms with Crippen LogP contribution in [0, 0.1) is 0 Å². The molecular weight excluding hydrogens is 320 g/mol. The highest BCUT2D eigenvalue weighted by atomic mass is 16.5. The van der Waals surface area contributed by atoms with Gasteiger partial charge in [-0.1, -0.05) is 48.5 Å². The molecular formula is C19H20N2O4. The molecule has 0 saturated heterocycles. The first-order chi connectivity index (χ1) is 12.0. The van der Waals surface area contributed by atoms with Crippen LogP contribution in [0.1, 0.15) is 23.5 Å². The topological polar surface area (TPSA) is 116 Å². The average Bonchev–Trinajstić information content (AvgIpc) is 2.93. The van der Waals surface area contributed by atoms with E-state index in [-0.39, 0.29) is 25.5 Å². The Hall–Kier alpha value is -2.70. The Morgan fingerprint density at radius 2 is 1.56 bits per heavy atom. The molecule has 3 rings (SSSR count). The number of hydrogen-bond acceptors (Lipinski definition) is 5. The lowest BCUT2D eigenvalue weighted by molar-refractivity contribution is -0.161. The maximum Gasteiger partial charge on any atom is 0.337 e. The van der Waals surface area contributed by atoms with Gasteiger partial charge in [-0.25, -0.2) is 9.59 Å². The van der Waals surface area contributed by atoms with Crippen molar-refractivity contribution in [3.05, 3.63) is 59.7 Å². The number of benzene rings is 2. The summed E-state index contributed by atoms with van der Waals surface area (Å²) in [4.78, 5) is 23.7. The molecule has 2 aromatic rings. The Morgan fingerprint density at radius 1 is 1.04 bits per heavy atom. The second kappa shape index (κ2) is 6.66. The van der Waals surface area contributed by atoms with E-state index in [4.69, 9.17) is 16.2 Å². The molecule has 0 spiro atoms. The summed E-state index contributed by atoms with van der Waals surface area (Å²) in [6.07, 6.45) is -0.182. The van der Waals surface area contributed by atoms with Gasteiger partial charge >= 0.3 is 11.9 Å². The number of carbonyl (C=O) groups excluding carboxylic acids is 1. The molecule has 0 amide bonds. The second-order valence-corrected chi connectivity index (χ2v) is 6.14. The molecule has 0 fully saturated rings. The SMILES string of the molecule is NCC[C@](N)(C(=O)O)C(=O)OCC1c2ccccc2-c2ccccc21. The molecule has 6 heteroatoms. The molecule has 5 N–H and O–H groups in total. The van der Waals surface area contributed by atoms with Gasteiger partial charge in [-0.05, 0) is 35.2 Å². The number of aliphatic carboxylic acids is 1. The summed E-state index contributed by atoms with van der Waals surface area (Å²) in [6, 6.07) is 15.8. The van der Waals surface area contributed by atoms with Gasteiger partial charge in [0.25, 0.3) is 0 Å². The largest absolute Gasteiger partial charge is 0.479 e. The minimum Gasteiger partial charge on any atom is -0.479 e. The van der Waals surface area contributed by atoms with Gasteiger partial charge < -0.3 is 21.3 Å². The van der Waals surface area contributed by atoms with E-state index >= 15 is 0 Å². The van der Waals surface area contributed by atoms with Gasteiger partial charge in [0, 0.05) is 5.92 Å². The van der Waals surface area contributed by atoms with Crippen LogP contribution in [0.3, 0.4) is 0 Å². The zero-order valence-electron chi connectivity index (χ0n) is 13.6. The Bertz CT molecular complexity index is 775. The Morgan fingerprint density at radius 3 is 2.04 bits per heavy atom. The lowest BCUT2D eigenvalue weighted by Gasteiger charge is -2.23. The third-order valence-corrected chi connectivity index (χ3v) is 4.63. The van der Waals surface area contributed by atoms with E-state index in [9.17, 15) is 14.7 Å². The molecule has 0 aliphatic heterocycles. The number of esters is 1. The van der Waals surface area contributed by atoms with E-state index in [1.807, 2.05) is 48.5 Å². The van der Waals surface area contributed by atoms with Crippen molar-refractivity contribution in [1.29, 1.82) is 0 Å². The Balaban J connectivity index is 1.84. The summed E-state index contributed by atoms with van der Waals surface area (Å²) >= 11 is 0. The van der Waals surface area contributed by atoms with Crippen LogP contribution in [0.15, 0.2) is 48.5 Å². The predicted octanol–water partition coefficient (Wildman–Crippen LogP) is 1.47. The van der Waals surface area contributed by atoms with Crippen LogP contribution in [-0.2, 0) is 14.3 Å². The highest BCUT2D eigenvalue weighted by Crippen LogP contribution is 2.44. The number of ether oxygens (including phenoxy) is 1. The summed E-state index contributed by atoms with van der Waals surface area (Å²) in [5, 5.41) is 9.26. The van der Waals surface area contributed by atoms with Gasteiger partial charge in [0.2, 0.25) is 5.54 Å². The highest BCUT2D eigenvalue weighted by Gasteiger charge is 2.44. The lowest BCUT2D eigenvalue weighted by Crippen LogP contribution is -2.57. The van der Waals surface area contributed by atoms with Crippen molar-refractivity contribution in [2.75, 3.05) is 13.2 Å². The third kappa shape index (κ3) is 2.90. The van der Waals surface area contributed by atoms with Crippen LogP contribution >= 0.6 is 0 Å². The fraction of sp³-hybridized carbons (Fsp3) is 0.263. The molecule has 0 saturated carbocycles. The van der Waals surface area contributed by atoms with Crippen molar-refractivity contribution in [2.24, 2.45) is 11.5 Å². The van der Waals surface area contributed by atoms with Crippen LogP contribution in [-0.4, -0.2) is 35.7 Å². The van der Waals surface area contributed by atoms with Crippen LogP contribution in [0.5, 0.6) is 0 Å². The predicted molar refractivity (Wildman–Crippen MR) is 92.9 cm³/mol. The number of carboxylic acids is 1. The summed E-state index contributed by atoms with van der Waals surface area (Å²) in [5.41, 5.74) is 13.3. The van der Waals surface area contributed by atoms with Crippen molar-refractivity contribution in [3.63, 3.8) is 0 Å². The molecule has 2 aromatic carbocycles. The van der Waals surface area contributed by atoms with Crippen LogP contribution in [0.2, 0.25) is 0 Å². The van der Waals surface area contributed by atoms with E-state index in [2.05, 4.69) is 0 Å². The first-order valence-electron chi connectivity index (χ1n) is 8.07. The maximum atomic E-state index is 12.3. The summed E-state index contributed by atoms with van der Waals surface area (Å²) in [5.74, 6) is -2.55. The summed E-state index contributed by atoms with van der Waals surface area (Å²) < 4.78 is 5.32. The lowest BCUT2D eigenvalue weighted by atomic mass is 9.96. The normalized spacial score (nSPS) is 15.1. The number of rotatable bonds is 6. The number of carbonyl (C=O) groups is 2. The minimum atomic E-state index is -2.12. The third-order valence-electron chi connectivity index (χ3n) is 4.63. The van der Waals surface area contributed by atoms with Gasteiger partial charge in [0.1, 0.15) is 6.61 Å². The highest BCUT2D eigenvalue weighted by molar-refractivity contribution is 6.03. The Labute approximate surface area is 145 Å². The molecule has 1 atom stereocenters. The van der Waals surface area contributed by atoms with Crippen molar-refractivity contribution < 1.29 is 19.4 Å². The van der Waals surface area contributed by atoms with Crippen molar-refractivity contribution in [2.45, 2.75) is 17.9 Å². The van der Waals surface area contributed by atoms with Crippen LogP contribution in [0.25, 0.3) is 11.1 Å². The van der Waals surface area contributed by atoms with E-state index in [0.29, 0.717) is 0 Å². The van der Waals surface area contributed by atoms with Crippen molar-refractivity contribution in [1.82, 2.24) is 0 Å². The molecule has 0 bridgehead atoms. The number of nitrogens with two attached hydrogens (primary N) is 2. The molecule has 130 valence electrons. The van der Waals surface area contributed by atoms with Crippen LogP contribution < -0.4 is 11.5 Å². The van der Waals surface area contributed by atoms with Gasteiger partial charge in [0.15, 0.2) is 0 Å². The zero-order chi connectivity index (χ0) is 18.0. The molecule has 0 aromatic heterocycles. The zero-order valence-corrected chi connectivity index (χ0v) is 13.6. The number of carboxylic acid groups (broad SMARTS) is 1. The fourth-order valence-electron chi connectivity index (χ4n) is 3.25. The van der Waals surface area contributed by atoms with Crippen molar-refractivity contribution >= 4 is 11.9 Å². The quantitative estimate of drug-likeness (QED) is 0.542. The molecule has 25 heavy (non-hydrogen) atoms. The number of fused-ring (bicyclic) bond motifs is 3. The van der Waals surface area contributed by atoms with E-state index in [0.717, 1.165) is 22.3 Å². The van der Waals surface area contributed by atoms with Crippen LogP contribution in [0.4, 0.5) is 0 Å². The van der Waals surface area contributed by atoms with E-state index < -0.39 is 17.5 Å². The first kappa shape index (κ1) is 17.1. The molecule has 1 aliphatic rings. The van der Waals surface area contributed by atoms with Gasteiger partial charge in [-0.15, -0.1) is 0 Å². The van der Waals surface area contributed by atoms with E-state index in [1.54, 1.807) is 0 Å². The van der Waals surface area contributed by atoms with Gasteiger partial charge in [-0.3, -0.25) is 0 Å². The molecule has 1 aliphatic carbocycles. The molecule has 0 unspecified atom stereocenters. The van der Waals surface area contributed by atoms with Gasteiger partial charge in [-0.2, -0.15) is 0 Å². The molecule has 0 heterocycles. The minimum absolute atomic E-state index is 0.0208. The van der Waals surface area contributed by atoms with Gasteiger partial charge in [0.05, 0.1) is 0 Å². The smallest absolute Gasteiger partial charge is 0.337 e. The van der Waals surface area contributed by atoms with E-state index in [1.165, 1.54) is 0 Å². The Kier molecular flexibility index (Phi) is 4.57. The average molecular weight is 340 g/mol. The monoisotopic (exact) mass is 340 g/mol. The maximum absolute atomic E-state index is 12.3. The standard InChI is InChI=1S/C19H20N2O4/c20-10-9-19(21,17(22)23)18(24)25-11-16-14-7-3-1-5-12(14)13-6-2-4-8-15(13)16/h1-8,16H,9-11,20-21H2,(H,22,23)/t19-/m0/s1. The first-order valence-corrected chi connectivity index (χ1v) is 8.07.